The third kappa shape index (κ3) is 4.57. The number of anilines is 2. The minimum atomic E-state index is -0.417. The molecule has 0 bridgehead atoms. The van der Waals surface area contributed by atoms with Gasteiger partial charge in [0, 0.05) is 41.2 Å². The molecular formula is C23H17BrN4O4. The maximum atomic E-state index is 12.5. The van der Waals surface area contributed by atoms with Crippen molar-refractivity contribution < 1.29 is 19.2 Å². The van der Waals surface area contributed by atoms with E-state index in [0.717, 1.165) is 4.90 Å². The van der Waals surface area contributed by atoms with Crippen molar-refractivity contribution in [3.8, 4) is 0 Å². The molecule has 0 fully saturated rings. The predicted molar refractivity (Wildman–Crippen MR) is 121 cm³/mol. The number of nitrogens with one attached hydrogen (secondary N) is 2. The summed E-state index contributed by atoms with van der Waals surface area (Å²) in [5, 5.41) is 5.46. The number of imide groups is 1. The zero-order valence-corrected chi connectivity index (χ0v) is 18.3. The van der Waals surface area contributed by atoms with Crippen LogP contribution in [0.1, 0.15) is 37.5 Å². The minimum Gasteiger partial charge on any atom is -0.326 e. The Morgan fingerprint density at radius 2 is 1.66 bits per heavy atom. The molecule has 3 aromatic rings. The average Bonchev–Trinajstić information content (AvgIpc) is 3.02. The third-order valence-corrected chi connectivity index (χ3v) is 5.32. The Morgan fingerprint density at radius 1 is 0.906 bits per heavy atom. The minimum absolute atomic E-state index is 0.0345. The number of rotatable bonds is 6. The maximum Gasteiger partial charge on any atom is 0.261 e. The molecular weight excluding hydrogens is 476 g/mol. The molecule has 4 amide bonds. The fourth-order valence-corrected chi connectivity index (χ4v) is 3.64. The number of hydrogen-bond donors (Lipinski definition) is 2. The second-order valence-corrected chi connectivity index (χ2v) is 7.94. The molecule has 0 radical (unpaired) electrons. The smallest absolute Gasteiger partial charge is 0.261 e. The Hall–Kier alpha value is -3.85. The van der Waals surface area contributed by atoms with Crippen LogP contribution in [0.3, 0.4) is 0 Å². The summed E-state index contributed by atoms with van der Waals surface area (Å²) in [5.74, 6) is -1.51. The molecule has 160 valence electrons. The van der Waals surface area contributed by atoms with Crippen LogP contribution >= 0.6 is 15.9 Å². The molecule has 0 saturated heterocycles. The van der Waals surface area contributed by atoms with Crippen molar-refractivity contribution in [2.24, 2.45) is 0 Å². The quantitative estimate of drug-likeness (QED) is 0.509. The first kappa shape index (κ1) is 21.4. The van der Waals surface area contributed by atoms with Gasteiger partial charge in [0.05, 0.1) is 16.7 Å². The Kier molecular flexibility index (Phi) is 6.09. The Bertz CT molecular complexity index is 1230. The van der Waals surface area contributed by atoms with Crippen LogP contribution in [0.5, 0.6) is 0 Å². The van der Waals surface area contributed by atoms with Crippen molar-refractivity contribution in [3.05, 3.63) is 88.2 Å². The zero-order valence-electron chi connectivity index (χ0n) is 16.7. The first-order valence-corrected chi connectivity index (χ1v) is 10.5. The van der Waals surface area contributed by atoms with Crippen molar-refractivity contribution in [1.29, 1.82) is 0 Å². The van der Waals surface area contributed by atoms with Crippen molar-refractivity contribution in [3.63, 3.8) is 0 Å². The summed E-state index contributed by atoms with van der Waals surface area (Å²) in [6.07, 6.45) is 2.98. The van der Waals surface area contributed by atoms with Gasteiger partial charge in [-0.2, -0.15) is 0 Å². The van der Waals surface area contributed by atoms with E-state index in [1.54, 1.807) is 60.8 Å². The highest BCUT2D eigenvalue weighted by Crippen LogP contribution is 2.26. The fourth-order valence-electron chi connectivity index (χ4n) is 3.28. The molecule has 0 spiro atoms. The summed E-state index contributed by atoms with van der Waals surface area (Å²) in [6, 6.07) is 14.9. The van der Waals surface area contributed by atoms with Gasteiger partial charge in [-0.15, -0.1) is 0 Å². The van der Waals surface area contributed by atoms with Crippen LogP contribution in [0.25, 0.3) is 0 Å². The van der Waals surface area contributed by atoms with E-state index in [0.29, 0.717) is 32.5 Å². The highest BCUT2D eigenvalue weighted by atomic mass is 79.9. The highest BCUT2D eigenvalue weighted by Gasteiger charge is 2.35. The van der Waals surface area contributed by atoms with E-state index >= 15 is 0 Å². The molecule has 2 aromatic carbocycles. The van der Waals surface area contributed by atoms with Crippen LogP contribution in [0.2, 0.25) is 0 Å². The lowest BCUT2D eigenvalue weighted by atomic mass is 10.1. The summed E-state index contributed by atoms with van der Waals surface area (Å²) in [7, 11) is 0. The SMILES string of the molecule is O=C(CCN1C(=O)c2ccc(Br)cc2C1=O)Nc1cccc(NC(=O)c2cccnc2)c1. The van der Waals surface area contributed by atoms with E-state index in [1.165, 1.54) is 6.20 Å². The Labute approximate surface area is 191 Å². The Morgan fingerprint density at radius 3 is 2.41 bits per heavy atom. The number of nitrogens with zero attached hydrogens (tertiary/aromatic N) is 2. The van der Waals surface area contributed by atoms with Crippen molar-refractivity contribution >= 4 is 50.9 Å². The lowest BCUT2D eigenvalue weighted by Gasteiger charge is -2.14. The lowest BCUT2D eigenvalue weighted by Crippen LogP contribution is -2.32. The van der Waals surface area contributed by atoms with E-state index in [2.05, 4.69) is 31.5 Å². The van der Waals surface area contributed by atoms with E-state index < -0.39 is 11.8 Å². The molecule has 9 heteroatoms. The van der Waals surface area contributed by atoms with Gasteiger partial charge < -0.3 is 10.6 Å². The first-order chi connectivity index (χ1) is 15.4. The second kappa shape index (κ2) is 9.11. The van der Waals surface area contributed by atoms with Gasteiger partial charge in [-0.25, -0.2) is 0 Å². The number of aromatic nitrogens is 1. The average molecular weight is 493 g/mol. The molecule has 1 aliphatic heterocycles. The molecule has 0 saturated carbocycles. The van der Waals surface area contributed by atoms with E-state index in [9.17, 15) is 19.2 Å². The number of hydrogen-bond acceptors (Lipinski definition) is 5. The normalized spacial score (nSPS) is 12.5. The van der Waals surface area contributed by atoms with Crippen molar-refractivity contribution in [1.82, 2.24) is 9.88 Å². The van der Waals surface area contributed by atoms with E-state index in [1.807, 2.05) is 0 Å². The maximum absolute atomic E-state index is 12.5. The molecule has 0 unspecified atom stereocenters. The molecule has 4 rings (SSSR count). The lowest BCUT2D eigenvalue weighted by molar-refractivity contribution is -0.116. The standard InChI is InChI=1S/C23H17BrN4O4/c24-15-6-7-18-19(11-15)23(32)28(22(18)31)10-8-20(29)26-16-4-1-5-17(12-16)27-21(30)14-3-2-9-25-13-14/h1-7,9,11-13H,8,10H2,(H,26,29)(H,27,30). The molecule has 0 aliphatic carbocycles. The molecule has 8 nitrogen and oxygen atoms in total. The molecule has 1 aliphatic rings. The monoisotopic (exact) mass is 492 g/mol. The van der Waals surface area contributed by atoms with Crippen LogP contribution in [-0.4, -0.2) is 40.1 Å². The van der Waals surface area contributed by atoms with Crippen molar-refractivity contribution in [2.75, 3.05) is 17.2 Å². The topological polar surface area (TPSA) is 108 Å². The number of carbonyl (C=O) groups excluding carboxylic acids is 4. The highest BCUT2D eigenvalue weighted by molar-refractivity contribution is 9.10. The van der Waals surface area contributed by atoms with Crippen LogP contribution in [0.4, 0.5) is 11.4 Å². The van der Waals surface area contributed by atoms with Gasteiger partial charge in [0.15, 0.2) is 0 Å². The summed E-state index contributed by atoms with van der Waals surface area (Å²) in [5.41, 5.74) is 2.04. The number of halogens is 1. The summed E-state index contributed by atoms with van der Waals surface area (Å²) in [4.78, 5) is 54.6. The van der Waals surface area contributed by atoms with Gasteiger partial charge in [-0.05, 0) is 48.5 Å². The predicted octanol–water partition coefficient (Wildman–Crippen LogP) is 3.72. The fraction of sp³-hybridized carbons (Fsp3) is 0.0870. The Balaban J connectivity index is 1.35. The first-order valence-electron chi connectivity index (χ1n) is 9.69. The van der Waals surface area contributed by atoms with Crippen LogP contribution in [0, 0.1) is 0 Å². The van der Waals surface area contributed by atoms with Gasteiger partial charge in [-0.3, -0.25) is 29.1 Å². The van der Waals surface area contributed by atoms with Gasteiger partial charge in [0.1, 0.15) is 0 Å². The summed E-state index contributed by atoms with van der Waals surface area (Å²) < 4.78 is 0.701. The van der Waals surface area contributed by atoms with Crippen LogP contribution in [0.15, 0.2) is 71.5 Å². The zero-order chi connectivity index (χ0) is 22.7. The molecule has 1 aromatic heterocycles. The van der Waals surface area contributed by atoms with Crippen LogP contribution in [-0.2, 0) is 4.79 Å². The summed E-state index contributed by atoms with van der Waals surface area (Å²) >= 11 is 3.29. The number of amides is 4. The number of pyridine rings is 1. The number of fused-ring (bicyclic) bond motifs is 1. The van der Waals surface area contributed by atoms with Crippen LogP contribution < -0.4 is 10.6 Å². The van der Waals surface area contributed by atoms with Crippen molar-refractivity contribution in [2.45, 2.75) is 6.42 Å². The van der Waals surface area contributed by atoms with Gasteiger partial charge in [0.2, 0.25) is 5.91 Å². The van der Waals surface area contributed by atoms with Gasteiger partial charge in [-0.1, -0.05) is 22.0 Å². The molecule has 0 atom stereocenters. The third-order valence-electron chi connectivity index (χ3n) is 4.82. The largest absolute Gasteiger partial charge is 0.326 e. The van der Waals surface area contributed by atoms with Gasteiger partial charge >= 0.3 is 0 Å². The number of benzene rings is 2. The van der Waals surface area contributed by atoms with Gasteiger partial charge in [0.25, 0.3) is 17.7 Å². The van der Waals surface area contributed by atoms with E-state index in [4.69, 9.17) is 0 Å². The number of carbonyl (C=O) groups is 4. The second-order valence-electron chi connectivity index (χ2n) is 7.03. The molecule has 32 heavy (non-hydrogen) atoms. The summed E-state index contributed by atoms with van der Waals surface area (Å²) in [6.45, 7) is -0.0345. The molecule has 2 N–H and O–H groups in total. The molecule has 2 heterocycles. The van der Waals surface area contributed by atoms with E-state index in [-0.39, 0.29) is 24.8 Å².